The summed E-state index contributed by atoms with van der Waals surface area (Å²) in [7, 11) is 1.37. The quantitative estimate of drug-likeness (QED) is 0.814. The number of ether oxygens (including phenoxy) is 1. The number of pyridine rings is 1. The van der Waals surface area contributed by atoms with Crippen molar-refractivity contribution in [3.8, 4) is 11.8 Å². The third-order valence-corrected chi connectivity index (χ3v) is 1.97. The molecule has 4 nitrogen and oxygen atoms in total. The van der Waals surface area contributed by atoms with Crippen molar-refractivity contribution in [2.75, 3.05) is 0 Å². The second-order valence-corrected chi connectivity index (χ2v) is 3.26. The molecule has 2 aromatic rings. The zero-order valence-electron chi connectivity index (χ0n) is 8.77. The molecule has 0 unspecified atom stereocenters. The summed E-state index contributed by atoms with van der Waals surface area (Å²) in [5, 5.41) is 3.32. The second kappa shape index (κ2) is 4.08. The summed E-state index contributed by atoms with van der Waals surface area (Å²) < 4.78 is 43.3. The number of alkyl halides is 3. The van der Waals surface area contributed by atoms with E-state index in [4.69, 9.17) is 4.74 Å². The summed E-state index contributed by atoms with van der Waals surface area (Å²) in [4.78, 5) is 3.84. The molecule has 2 heterocycles. The van der Waals surface area contributed by atoms with Gasteiger partial charge in [-0.15, -0.1) is 0 Å². The molecule has 7 heteroatoms. The Hall–Kier alpha value is -2.05. The topological polar surface area (TPSA) is 39.9 Å². The van der Waals surface area contributed by atoms with Crippen molar-refractivity contribution in [3.63, 3.8) is 0 Å². The van der Waals surface area contributed by atoms with Crippen LogP contribution in [0.15, 0.2) is 30.5 Å². The molecule has 90 valence electrons. The van der Waals surface area contributed by atoms with E-state index in [1.807, 2.05) is 0 Å². The molecule has 0 atom stereocenters. The fraction of sp³-hybridized carbons (Fsp3) is 0.200. The van der Waals surface area contributed by atoms with Crippen molar-refractivity contribution in [3.05, 3.63) is 36.2 Å². The van der Waals surface area contributed by atoms with Gasteiger partial charge in [0.05, 0.1) is 0 Å². The van der Waals surface area contributed by atoms with Crippen LogP contribution in [0, 0.1) is 0 Å². The van der Waals surface area contributed by atoms with E-state index in [0.717, 1.165) is 10.7 Å². The summed E-state index contributed by atoms with van der Waals surface area (Å²) in [6.07, 6.45) is -3.00. The van der Waals surface area contributed by atoms with Crippen LogP contribution in [0.2, 0.25) is 0 Å². The lowest BCUT2D eigenvalue weighted by Gasteiger charge is -2.02. The van der Waals surface area contributed by atoms with Crippen LogP contribution in [-0.2, 0) is 13.2 Å². The Morgan fingerprint density at radius 3 is 2.59 bits per heavy atom. The van der Waals surface area contributed by atoms with Gasteiger partial charge in [0.15, 0.2) is 5.69 Å². The molecule has 0 radical (unpaired) electrons. The lowest BCUT2D eigenvalue weighted by atomic mass is 10.4. The normalized spacial score (nSPS) is 11.5. The molecular weight excluding hydrogens is 235 g/mol. The summed E-state index contributed by atoms with van der Waals surface area (Å²) >= 11 is 0. The molecule has 0 aliphatic heterocycles. The van der Waals surface area contributed by atoms with Crippen LogP contribution < -0.4 is 4.74 Å². The minimum atomic E-state index is -4.48. The van der Waals surface area contributed by atoms with Gasteiger partial charge in [0, 0.05) is 25.4 Å². The Balaban J connectivity index is 2.26. The number of aromatic nitrogens is 3. The minimum absolute atomic E-state index is 0.0176. The Kier molecular flexibility index (Phi) is 2.74. The molecule has 0 bridgehead atoms. The molecule has 0 N–H and O–H groups in total. The van der Waals surface area contributed by atoms with Crippen molar-refractivity contribution in [1.29, 1.82) is 0 Å². The third kappa shape index (κ3) is 2.55. The molecule has 0 spiro atoms. The maximum atomic E-state index is 12.4. The van der Waals surface area contributed by atoms with E-state index in [1.165, 1.54) is 13.2 Å². The van der Waals surface area contributed by atoms with E-state index >= 15 is 0 Å². The lowest BCUT2D eigenvalue weighted by molar-refractivity contribution is -0.141. The molecule has 0 aliphatic carbocycles. The van der Waals surface area contributed by atoms with Gasteiger partial charge < -0.3 is 4.74 Å². The first-order valence-corrected chi connectivity index (χ1v) is 4.67. The van der Waals surface area contributed by atoms with Gasteiger partial charge in [-0.25, -0.2) is 9.67 Å². The predicted octanol–water partition coefficient (Wildman–Crippen LogP) is 2.63. The average Bonchev–Trinajstić information content (AvgIpc) is 2.62. The van der Waals surface area contributed by atoms with Gasteiger partial charge >= 0.3 is 6.18 Å². The number of nitrogens with zero attached hydrogens (tertiary/aromatic N) is 3. The van der Waals surface area contributed by atoms with Crippen molar-refractivity contribution in [2.45, 2.75) is 6.18 Å². The highest BCUT2D eigenvalue weighted by molar-refractivity contribution is 5.23. The van der Waals surface area contributed by atoms with Gasteiger partial charge in [-0.2, -0.15) is 18.3 Å². The summed E-state index contributed by atoms with van der Waals surface area (Å²) in [5.41, 5.74) is -0.995. The first-order valence-electron chi connectivity index (χ1n) is 4.67. The molecule has 0 amide bonds. The number of aryl methyl sites for hydroxylation is 1. The van der Waals surface area contributed by atoms with E-state index in [0.29, 0.717) is 0 Å². The van der Waals surface area contributed by atoms with Gasteiger partial charge in [0.25, 0.3) is 0 Å². The van der Waals surface area contributed by atoms with Crippen molar-refractivity contribution >= 4 is 0 Å². The fourth-order valence-electron chi connectivity index (χ4n) is 1.20. The zero-order valence-corrected chi connectivity index (χ0v) is 8.77. The van der Waals surface area contributed by atoms with E-state index < -0.39 is 11.9 Å². The van der Waals surface area contributed by atoms with Crippen LogP contribution in [-0.4, -0.2) is 14.8 Å². The largest absolute Gasteiger partial charge is 0.435 e. The van der Waals surface area contributed by atoms with E-state index in [9.17, 15) is 13.2 Å². The Morgan fingerprint density at radius 1 is 1.29 bits per heavy atom. The number of hydrogen-bond donors (Lipinski definition) is 0. The second-order valence-electron chi connectivity index (χ2n) is 3.26. The lowest BCUT2D eigenvalue weighted by Crippen LogP contribution is -2.06. The van der Waals surface area contributed by atoms with Gasteiger partial charge in [0.1, 0.15) is 0 Å². The highest BCUT2D eigenvalue weighted by atomic mass is 19.4. The SMILES string of the molecule is Cn1nc(C(F)(F)F)cc1Oc1ccccn1. The van der Waals surface area contributed by atoms with Gasteiger partial charge in [-0.05, 0) is 6.07 Å². The number of halogens is 3. The number of hydrogen-bond acceptors (Lipinski definition) is 3. The molecule has 2 aromatic heterocycles. The summed E-state index contributed by atoms with van der Waals surface area (Å²) in [6.45, 7) is 0. The maximum absolute atomic E-state index is 12.4. The highest BCUT2D eigenvalue weighted by Crippen LogP contribution is 2.31. The molecule has 0 aromatic carbocycles. The van der Waals surface area contributed by atoms with Crippen LogP contribution in [0.5, 0.6) is 11.8 Å². The Bertz CT molecular complexity index is 507. The van der Waals surface area contributed by atoms with Crippen LogP contribution >= 0.6 is 0 Å². The molecule has 0 saturated carbocycles. The highest BCUT2D eigenvalue weighted by Gasteiger charge is 2.35. The van der Waals surface area contributed by atoms with Crippen molar-refractivity contribution in [1.82, 2.24) is 14.8 Å². The first kappa shape index (κ1) is 11.4. The van der Waals surface area contributed by atoms with Gasteiger partial charge in [-0.3, -0.25) is 0 Å². The van der Waals surface area contributed by atoms with Crippen LogP contribution in [0.1, 0.15) is 5.69 Å². The number of rotatable bonds is 2. The van der Waals surface area contributed by atoms with E-state index in [-0.39, 0.29) is 11.8 Å². The summed E-state index contributed by atoms with van der Waals surface area (Å²) in [5.74, 6) is 0.195. The molecule has 0 fully saturated rings. The maximum Gasteiger partial charge on any atom is 0.435 e. The Labute approximate surface area is 94.7 Å². The predicted molar refractivity (Wildman–Crippen MR) is 52.5 cm³/mol. The smallest absolute Gasteiger partial charge is 0.421 e. The first-order chi connectivity index (χ1) is 7.97. The molecular formula is C10H8F3N3O. The molecule has 17 heavy (non-hydrogen) atoms. The van der Waals surface area contributed by atoms with Crippen LogP contribution in [0.4, 0.5) is 13.2 Å². The van der Waals surface area contributed by atoms with Gasteiger partial charge in [-0.1, -0.05) is 6.07 Å². The standard InChI is InChI=1S/C10H8F3N3O/c1-16-9(6-7(15-16)10(11,12)13)17-8-4-2-3-5-14-8/h2-6H,1H3. The van der Waals surface area contributed by atoms with E-state index in [1.54, 1.807) is 18.2 Å². The monoisotopic (exact) mass is 243 g/mol. The van der Waals surface area contributed by atoms with Gasteiger partial charge in [0.2, 0.25) is 11.8 Å². The van der Waals surface area contributed by atoms with E-state index in [2.05, 4.69) is 10.1 Å². The zero-order chi connectivity index (χ0) is 12.5. The fourth-order valence-corrected chi connectivity index (χ4v) is 1.20. The third-order valence-electron chi connectivity index (χ3n) is 1.97. The van der Waals surface area contributed by atoms with Crippen LogP contribution in [0.3, 0.4) is 0 Å². The molecule has 0 aliphatic rings. The minimum Gasteiger partial charge on any atom is -0.421 e. The molecule has 2 rings (SSSR count). The Morgan fingerprint density at radius 2 is 2.06 bits per heavy atom. The van der Waals surface area contributed by atoms with Crippen molar-refractivity contribution in [2.24, 2.45) is 7.05 Å². The average molecular weight is 243 g/mol. The molecule has 0 saturated heterocycles. The van der Waals surface area contributed by atoms with Crippen molar-refractivity contribution < 1.29 is 17.9 Å². The summed E-state index contributed by atoms with van der Waals surface area (Å²) in [6, 6.07) is 5.72. The van der Waals surface area contributed by atoms with Crippen LogP contribution in [0.25, 0.3) is 0 Å².